The number of pyridine rings is 1. The van der Waals surface area contributed by atoms with Gasteiger partial charge in [-0.2, -0.15) is 0 Å². The van der Waals surface area contributed by atoms with Crippen LogP contribution in [0.25, 0.3) is 22.2 Å². The molecule has 1 aromatic heterocycles. The van der Waals surface area contributed by atoms with Gasteiger partial charge < -0.3 is 20.1 Å². The Bertz CT molecular complexity index is 1380. The third kappa shape index (κ3) is 4.28. The van der Waals surface area contributed by atoms with Gasteiger partial charge in [-0.1, -0.05) is 30.3 Å². The second kappa shape index (κ2) is 9.23. The van der Waals surface area contributed by atoms with Gasteiger partial charge in [0.25, 0.3) is 11.8 Å². The number of nitrogens with one attached hydrogen (secondary N) is 2. The Morgan fingerprint density at radius 1 is 0.882 bits per heavy atom. The molecular weight excluding hydrogens is 430 g/mol. The molecule has 2 heterocycles. The van der Waals surface area contributed by atoms with Crippen LogP contribution in [0.3, 0.4) is 0 Å². The quantitative estimate of drug-likeness (QED) is 0.477. The van der Waals surface area contributed by atoms with Gasteiger partial charge in [0.2, 0.25) is 0 Å². The maximum atomic E-state index is 13.2. The lowest BCUT2D eigenvalue weighted by atomic mass is 10.0. The number of hydrogen-bond acceptors (Lipinski definition) is 5. The van der Waals surface area contributed by atoms with E-state index in [1.807, 2.05) is 54.6 Å². The van der Waals surface area contributed by atoms with Crippen LogP contribution < -0.4 is 20.1 Å². The monoisotopic (exact) mass is 453 g/mol. The van der Waals surface area contributed by atoms with E-state index in [4.69, 9.17) is 14.5 Å². The van der Waals surface area contributed by atoms with Gasteiger partial charge in [-0.3, -0.25) is 9.59 Å². The Balaban J connectivity index is 1.43. The lowest BCUT2D eigenvalue weighted by Crippen LogP contribution is -2.23. The Kier molecular flexibility index (Phi) is 5.82. The highest BCUT2D eigenvalue weighted by Crippen LogP contribution is 2.35. The summed E-state index contributed by atoms with van der Waals surface area (Å²) >= 11 is 0. The highest BCUT2D eigenvalue weighted by molar-refractivity contribution is 6.07. The average Bonchev–Trinajstić information content (AvgIpc) is 2.90. The molecule has 0 unspecified atom stereocenters. The van der Waals surface area contributed by atoms with Crippen molar-refractivity contribution in [1.29, 1.82) is 0 Å². The Labute approximate surface area is 196 Å². The van der Waals surface area contributed by atoms with Gasteiger partial charge >= 0.3 is 0 Å². The molecule has 0 atom stereocenters. The van der Waals surface area contributed by atoms with Crippen LogP contribution in [0.1, 0.15) is 26.3 Å². The largest absolute Gasteiger partial charge is 0.486 e. The number of para-hydroxylation sites is 1. The van der Waals surface area contributed by atoms with Gasteiger partial charge in [0, 0.05) is 30.1 Å². The van der Waals surface area contributed by atoms with Crippen molar-refractivity contribution in [3.8, 4) is 22.8 Å². The normalized spacial score (nSPS) is 12.3. The van der Waals surface area contributed by atoms with Gasteiger partial charge in [0.15, 0.2) is 11.5 Å². The number of benzene rings is 3. The summed E-state index contributed by atoms with van der Waals surface area (Å²) in [5.74, 6) is 1.03. The minimum Gasteiger partial charge on any atom is -0.486 e. The molecular formula is C27H23N3O4. The fourth-order valence-corrected chi connectivity index (χ4v) is 3.91. The first kappa shape index (κ1) is 21.5. The molecule has 3 aromatic carbocycles. The summed E-state index contributed by atoms with van der Waals surface area (Å²) in [6.07, 6.45) is 0. The molecule has 1 aliphatic heterocycles. The predicted molar refractivity (Wildman–Crippen MR) is 129 cm³/mol. The lowest BCUT2D eigenvalue weighted by molar-refractivity contribution is 0.0947. The highest BCUT2D eigenvalue weighted by Gasteiger charge is 2.17. The number of fused-ring (bicyclic) bond motifs is 2. The van der Waals surface area contributed by atoms with E-state index in [-0.39, 0.29) is 11.8 Å². The standard InChI is InChI=1S/C27H23N3O4/c1-28-26(31)18-8-6-17(7-9-18)16-29-27(32)21-15-23(30-22-5-3-2-4-20(21)22)19-10-11-24-25(14-19)34-13-12-33-24/h2-11,14-15H,12-13,16H2,1H3,(H,28,31)(H,29,32). The van der Waals surface area contributed by atoms with E-state index in [1.54, 1.807) is 25.2 Å². The molecule has 0 saturated carbocycles. The van der Waals surface area contributed by atoms with Crippen molar-refractivity contribution in [3.63, 3.8) is 0 Å². The summed E-state index contributed by atoms with van der Waals surface area (Å²) in [5.41, 5.74) is 4.25. The van der Waals surface area contributed by atoms with Gasteiger partial charge in [0.1, 0.15) is 13.2 Å². The summed E-state index contributed by atoms with van der Waals surface area (Å²) in [4.78, 5) is 29.7. The molecule has 1 aliphatic rings. The molecule has 7 nitrogen and oxygen atoms in total. The molecule has 2 N–H and O–H groups in total. The summed E-state index contributed by atoms with van der Waals surface area (Å²) in [6, 6.07) is 22.2. The summed E-state index contributed by atoms with van der Waals surface area (Å²) in [5, 5.41) is 6.36. The topological polar surface area (TPSA) is 89.6 Å². The second-order valence-electron chi connectivity index (χ2n) is 7.89. The van der Waals surface area contributed by atoms with Crippen LogP contribution >= 0.6 is 0 Å². The van der Waals surface area contributed by atoms with Gasteiger partial charge in [-0.15, -0.1) is 0 Å². The third-order valence-corrected chi connectivity index (χ3v) is 5.70. The number of amides is 2. The molecule has 0 saturated heterocycles. The molecule has 34 heavy (non-hydrogen) atoms. The highest BCUT2D eigenvalue weighted by atomic mass is 16.6. The molecule has 7 heteroatoms. The molecule has 0 aliphatic carbocycles. The zero-order valence-electron chi connectivity index (χ0n) is 18.6. The van der Waals surface area contributed by atoms with Crippen molar-refractivity contribution in [2.75, 3.05) is 20.3 Å². The molecule has 170 valence electrons. The smallest absolute Gasteiger partial charge is 0.252 e. The SMILES string of the molecule is CNC(=O)c1ccc(CNC(=O)c2cc(-c3ccc4c(c3)OCCO4)nc3ccccc23)cc1. The summed E-state index contributed by atoms with van der Waals surface area (Å²) < 4.78 is 11.3. The van der Waals surface area contributed by atoms with Gasteiger partial charge in [-0.25, -0.2) is 4.98 Å². The van der Waals surface area contributed by atoms with Crippen molar-refractivity contribution >= 4 is 22.7 Å². The van der Waals surface area contributed by atoms with Gasteiger partial charge in [-0.05, 0) is 48.0 Å². The van der Waals surface area contributed by atoms with Crippen LogP contribution in [-0.2, 0) is 6.54 Å². The minimum absolute atomic E-state index is 0.148. The number of carbonyl (C=O) groups is 2. The van der Waals surface area contributed by atoms with E-state index in [1.165, 1.54) is 0 Å². The van der Waals surface area contributed by atoms with E-state index in [0.717, 1.165) is 22.0 Å². The Morgan fingerprint density at radius 2 is 1.65 bits per heavy atom. The minimum atomic E-state index is -0.201. The molecule has 0 radical (unpaired) electrons. The molecule has 5 rings (SSSR count). The maximum absolute atomic E-state index is 13.2. The summed E-state index contributed by atoms with van der Waals surface area (Å²) in [6.45, 7) is 1.36. The van der Waals surface area contributed by atoms with Crippen LogP contribution in [0.2, 0.25) is 0 Å². The average molecular weight is 453 g/mol. The van der Waals surface area contributed by atoms with E-state index in [0.29, 0.717) is 48.1 Å². The molecule has 0 spiro atoms. The van der Waals surface area contributed by atoms with E-state index in [2.05, 4.69) is 10.6 Å². The van der Waals surface area contributed by atoms with Gasteiger partial charge in [0.05, 0.1) is 16.8 Å². The molecule has 4 aromatic rings. The van der Waals surface area contributed by atoms with Crippen molar-refractivity contribution in [2.45, 2.75) is 6.54 Å². The summed E-state index contributed by atoms with van der Waals surface area (Å²) in [7, 11) is 1.59. The van der Waals surface area contributed by atoms with E-state index in [9.17, 15) is 9.59 Å². The Morgan fingerprint density at radius 3 is 2.44 bits per heavy atom. The first-order valence-corrected chi connectivity index (χ1v) is 11.0. The molecule has 0 bridgehead atoms. The lowest BCUT2D eigenvalue weighted by Gasteiger charge is -2.19. The van der Waals surface area contributed by atoms with Crippen LogP contribution in [-0.4, -0.2) is 37.1 Å². The van der Waals surface area contributed by atoms with Crippen molar-refractivity contribution in [1.82, 2.24) is 15.6 Å². The number of hydrogen-bond donors (Lipinski definition) is 2. The molecule has 0 fully saturated rings. The zero-order valence-corrected chi connectivity index (χ0v) is 18.6. The van der Waals surface area contributed by atoms with Crippen molar-refractivity contribution in [2.24, 2.45) is 0 Å². The zero-order chi connectivity index (χ0) is 23.5. The number of aromatic nitrogens is 1. The fraction of sp³-hybridized carbons (Fsp3) is 0.148. The van der Waals surface area contributed by atoms with E-state index < -0.39 is 0 Å². The number of rotatable bonds is 5. The van der Waals surface area contributed by atoms with E-state index >= 15 is 0 Å². The van der Waals surface area contributed by atoms with Crippen LogP contribution in [0.5, 0.6) is 11.5 Å². The third-order valence-electron chi connectivity index (χ3n) is 5.70. The second-order valence-corrected chi connectivity index (χ2v) is 7.89. The number of nitrogens with zero attached hydrogens (tertiary/aromatic N) is 1. The number of ether oxygens (including phenoxy) is 2. The van der Waals surface area contributed by atoms with Crippen molar-refractivity contribution in [3.05, 3.63) is 89.5 Å². The van der Waals surface area contributed by atoms with Crippen LogP contribution in [0, 0.1) is 0 Å². The van der Waals surface area contributed by atoms with Crippen molar-refractivity contribution < 1.29 is 19.1 Å². The number of carbonyl (C=O) groups excluding carboxylic acids is 2. The first-order valence-electron chi connectivity index (χ1n) is 11.0. The maximum Gasteiger partial charge on any atom is 0.252 e. The molecule has 2 amide bonds. The fourth-order valence-electron chi connectivity index (χ4n) is 3.91. The van der Waals surface area contributed by atoms with Crippen LogP contribution in [0.4, 0.5) is 0 Å². The Hall–Kier alpha value is -4.39. The first-order chi connectivity index (χ1) is 16.6. The predicted octanol–water partition coefficient (Wildman–Crippen LogP) is 3.96. The van der Waals surface area contributed by atoms with Crippen LogP contribution in [0.15, 0.2) is 72.8 Å².